The van der Waals surface area contributed by atoms with Gasteiger partial charge in [0.05, 0.1) is 13.7 Å². The lowest BCUT2D eigenvalue weighted by Gasteiger charge is -2.19. The normalized spacial score (nSPS) is 14.1. The molecule has 1 N–H and O–H groups in total. The summed E-state index contributed by atoms with van der Waals surface area (Å²) in [6, 6.07) is 12.1. The summed E-state index contributed by atoms with van der Waals surface area (Å²) in [5.74, 6) is 1.07. The van der Waals surface area contributed by atoms with Crippen molar-refractivity contribution in [3.63, 3.8) is 0 Å². The molecule has 41 heavy (non-hydrogen) atoms. The number of phosphoric acid groups is 1. The van der Waals surface area contributed by atoms with Crippen molar-refractivity contribution in [3.8, 4) is 23.0 Å². The number of benzene rings is 2. The van der Waals surface area contributed by atoms with Crippen LogP contribution in [0.25, 0.3) is 0 Å². The molecule has 0 radical (unpaired) electrons. The molecule has 0 aliphatic carbocycles. The van der Waals surface area contributed by atoms with E-state index in [2.05, 4.69) is 19.1 Å². The third-order valence-electron chi connectivity index (χ3n) is 6.97. The van der Waals surface area contributed by atoms with Crippen molar-refractivity contribution in [3.05, 3.63) is 72.6 Å². The molecule has 0 bridgehead atoms. The monoisotopic (exact) mass is 585 g/mol. The molecule has 1 heterocycles. The third-order valence-corrected chi connectivity index (χ3v) is 7.84. The second-order valence-electron chi connectivity index (χ2n) is 10.5. The Bertz CT molecular complexity index is 1120. The van der Waals surface area contributed by atoms with Crippen molar-refractivity contribution in [1.82, 2.24) is 4.90 Å². The van der Waals surface area contributed by atoms with E-state index in [4.69, 9.17) is 18.5 Å². The molecule has 1 aliphatic rings. The third kappa shape index (κ3) is 12.7. The quantitative estimate of drug-likeness (QED) is 0.115. The molecule has 0 aromatic heterocycles. The number of methoxy groups -OCH3 is 1. The van der Waals surface area contributed by atoms with Crippen LogP contribution in [-0.4, -0.2) is 23.5 Å². The molecular formula is C33H48NO6P. The average Bonchev–Trinajstić information content (AvgIpc) is 2.96. The summed E-state index contributed by atoms with van der Waals surface area (Å²) in [7, 11) is -3.01. The van der Waals surface area contributed by atoms with Gasteiger partial charge in [0.25, 0.3) is 0 Å². The van der Waals surface area contributed by atoms with E-state index in [1.807, 2.05) is 23.4 Å². The van der Waals surface area contributed by atoms with Crippen LogP contribution >= 0.6 is 7.82 Å². The molecule has 0 spiro atoms. The Balaban J connectivity index is 1.41. The van der Waals surface area contributed by atoms with Gasteiger partial charge >= 0.3 is 7.82 Å². The van der Waals surface area contributed by atoms with Gasteiger partial charge in [0.15, 0.2) is 11.5 Å². The fourth-order valence-electron chi connectivity index (χ4n) is 4.82. The molecular weight excluding hydrogens is 537 g/mol. The summed E-state index contributed by atoms with van der Waals surface area (Å²) >= 11 is 0. The molecule has 0 amide bonds. The van der Waals surface area contributed by atoms with Crippen LogP contribution in [0.3, 0.4) is 0 Å². The number of rotatable bonds is 21. The predicted molar refractivity (Wildman–Crippen MR) is 166 cm³/mol. The number of hydrogen-bond donors (Lipinski definition) is 1. The smallest absolute Gasteiger partial charge is 0.490 e. The van der Waals surface area contributed by atoms with E-state index in [0.717, 1.165) is 24.8 Å². The van der Waals surface area contributed by atoms with Gasteiger partial charge in [0.2, 0.25) is 5.75 Å². The second kappa shape index (κ2) is 18.5. The van der Waals surface area contributed by atoms with Crippen LogP contribution in [0, 0.1) is 0 Å². The minimum absolute atomic E-state index is 0.0882. The van der Waals surface area contributed by atoms with Crippen LogP contribution < -0.4 is 18.5 Å². The Morgan fingerprint density at radius 2 is 1.41 bits per heavy atom. The number of ether oxygens (including phenoxy) is 2. The topological polar surface area (TPSA) is 77.5 Å². The van der Waals surface area contributed by atoms with Gasteiger partial charge < -0.3 is 23.4 Å². The first kappa shape index (κ1) is 32.6. The zero-order valence-corrected chi connectivity index (χ0v) is 25.7. The minimum atomic E-state index is -4.50. The zero-order chi connectivity index (χ0) is 29.2. The van der Waals surface area contributed by atoms with Crippen molar-refractivity contribution >= 4 is 7.82 Å². The number of para-hydroxylation sites is 1. The van der Waals surface area contributed by atoms with Crippen LogP contribution in [0.5, 0.6) is 23.0 Å². The second-order valence-corrected chi connectivity index (χ2v) is 11.8. The minimum Gasteiger partial charge on any atom is -0.490 e. The van der Waals surface area contributed by atoms with Gasteiger partial charge in [-0.05, 0) is 42.7 Å². The lowest BCUT2D eigenvalue weighted by molar-refractivity contribution is 0.267. The van der Waals surface area contributed by atoms with E-state index in [0.29, 0.717) is 18.9 Å². The molecule has 3 rings (SSSR count). The predicted octanol–water partition coefficient (Wildman–Crippen LogP) is 9.57. The molecule has 0 fully saturated rings. The standard InChI is InChI=1S/C33H48NO6P/c1-3-4-5-6-7-8-9-10-11-12-13-17-26-38-31-22-19-23-32(33(31)37-2)40-41(35,36)39-30-21-18-20-29(27-30)28-34-24-15-14-16-25-34/h15-16,18-25,27H,3-14,17,26,28H2,1-2H3,(H,35,36). The lowest BCUT2D eigenvalue weighted by Crippen LogP contribution is -2.10. The first-order valence-corrected chi connectivity index (χ1v) is 16.7. The van der Waals surface area contributed by atoms with E-state index in [1.54, 1.807) is 36.4 Å². The molecule has 226 valence electrons. The summed E-state index contributed by atoms with van der Waals surface area (Å²) in [6.45, 7) is 3.42. The largest absolute Gasteiger partial charge is 0.585 e. The van der Waals surface area contributed by atoms with E-state index < -0.39 is 7.82 Å². The first-order chi connectivity index (χ1) is 20.0. The van der Waals surface area contributed by atoms with Crippen molar-refractivity contribution in [1.29, 1.82) is 0 Å². The van der Waals surface area contributed by atoms with Crippen LogP contribution in [0.4, 0.5) is 0 Å². The number of allylic oxidation sites excluding steroid dienone is 2. The Hall–Kier alpha value is -2.89. The number of nitrogens with zero attached hydrogens (tertiary/aromatic N) is 1. The van der Waals surface area contributed by atoms with E-state index in [-0.39, 0.29) is 17.2 Å². The van der Waals surface area contributed by atoms with E-state index in [1.165, 1.54) is 71.3 Å². The summed E-state index contributed by atoms with van der Waals surface area (Å²) < 4.78 is 35.2. The maximum absolute atomic E-state index is 12.9. The highest BCUT2D eigenvalue weighted by Gasteiger charge is 2.28. The summed E-state index contributed by atoms with van der Waals surface area (Å²) in [6.07, 6.45) is 24.4. The molecule has 1 aliphatic heterocycles. The average molecular weight is 586 g/mol. The van der Waals surface area contributed by atoms with E-state index >= 15 is 0 Å². The lowest BCUT2D eigenvalue weighted by atomic mass is 10.1. The van der Waals surface area contributed by atoms with Crippen LogP contribution in [0.2, 0.25) is 0 Å². The molecule has 7 nitrogen and oxygen atoms in total. The Kier molecular flexibility index (Phi) is 14.7. The SMILES string of the molecule is CCCCCCCCCCCCCCOc1cccc(OP(=O)(O)Oc2cccc(CN3C=CCC=C3)c2)c1OC. The van der Waals surface area contributed by atoms with Gasteiger partial charge in [-0.1, -0.05) is 108 Å². The van der Waals surface area contributed by atoms with Gasteiger partial charge in [-0.3, -0.25) is 4.89 Å². The van der Waals surface area contributed by atoms with Gasteiger partial charge in [0, 0.05) is 18.9 Å². The van der Waals surface area contributed by atoms with Gasteiger partial charge in [-0.15, -0.1) is 0 Å². The number of hydrogen-bond acceptors (Lipinski definition) is 6. The Labute approximate surface area is 246 Å². The number of unbranched alkanes of at least 4 members (excludes halogenated alkanes) is 11. The molecule has 0 saturated carbocycles. The van der Waals surface area contributed by atoms with Gasteiger partial charge in [-0.25, -0.2) is 4.57 Å². The molecule has 0 saturated heterocycles. The molecule has 8 heteroatoms. The first-order valence-electron chi connectivity index (χ1n) is 15.2. The van der Waals surface area contributed by atoms with Crippen LogP contribution in [0.1, 0.15) is 96.0 Å². The highest BCUT2D eigenvalue weighted by atomic mass is 31.2. The molecule has 1 unspecified atom stereocenters. The van der Waals surface area contributed by atoms with E-state index in [9.17, 15) is 9.46 Å². The van der Waals surface area contributed by atoms with Crippen LogP contribution in [-0.2, 0) is 11.1 Å². The molecule has 2 aromatic carbocycles. The van der Waals surface area contributed by atoms with Gasteiger partial charge in [0.1, 0.15) is 5.75 Å². The maximum atomic E-state index is 12.9. The fraction of sp³-hybridized carbons (Fsp3) is 0.515. The van der Waals surface area contributed by atoms with Crippen molar-refractivity contribution in [2.75, 3.05) is 13.7 Å². The summed E-state index contributed by atoms with van der Waals surface area (Å²) in [5.41, 5.74) is 0.935. The zero-order valence-electron chi connectivity index (χ0n) is 24.8. The van der Waals surface area contributed by atoms with Crippen molar-refractivity contribution in [2.45, 2.75) is 96.9 Å². The summed E-state index contributed by atoms with van der Waals surface area (Å²) in [5, 5.41) is 0. The molecule has 2 aromatic rings. The van der Waals surface area contributed by atoms with Gasteiger partial charge in [-0.2, -0.15) is 0 Å². The Morgan fingerprint density at radius 1 is 0.805 bits per heavy atom. The van der Waals surface area contributed by atoms with Crippen molar-refractivity contribution < 1.29 is 28.0 Å². The van der Waals surface area contributed by atoms with Crippen LogP contribution in [0.15, 0.2) is 67.0 Å². The fourth-order valence-corrected chi connectivity index (χ4v) is 5.63. The number of phosphoric ester groups is 1. The Morgan fingerprint density at radius 3 is 2.07 bits per heavy atom. The van der Waals surface area contributed by atoms with Crippen molar-refractivity contribution in [2.24, 2.45) is 0 Å². The summed E-state index contributed by atoms with van der Waals surface area (Å²) in [4.78, 5) is 12.6. The highest BCUT2D eigenvalue weighted by Crippen LogP contribution is 2.49. The molecule has 1 atom stereocenters. The highest BCUT2D eigenvalue weighted by molar-refractivity contribution is 7.48. The maximum Gasteiger partial charge on any atom is 0.585 e.